The molecule has 0 radical (unpaired) electrons. The molecule has 1 aromatic heterocycles. The lowest BCUT2D eigenvalue weighted by molar-refractivity contribution is 0.596. The van der Waals surface area contributed by atoms with E-state index in [1.54, 1.807) is 0 Å². The van der Waals surface area contributed by atoms with Crippen LogP contribution in [0.5, 0.6) is 0 Å². The van der Waals surface area contributed by atoms with Gasteiger partial charge in [-0.1, -0.05) is 77.1 Å². The number of nitrogens with zero attached hydrogens (tertiary/aromatic N) is 1. The fraction of sp³-hybridized carbons (Fsp3) is 0.296. The first-order chi connectivity index (χ1) is 13.3. The molecule has 1 nitrogen and oxygen atoms in total. The minimum atomic E-state index is 0.0803. The highest BCUT2D eigenvalue weighted by molar-refractivity contribution is 5.92. The lowest BCUT2D eigenvalue weighted by atomic mass is 9.82. The highest BCUT2D eigenvalue weighted by atomic mass is 14.7. The third-order valence-electron chi connectivity index (χ3n) is 5.42. The minimum absolute atomic E-state index is 0.0803. The van der Waals surface area contributed by atoms with Gasteiger partial charge in [-0.3, -0.25) is 0 Å². The van der Waals surface area contributed by atoms with Crippen molar-refractivity contribution in [2.45, 2.75) is 46.5 Å². The molecule has 4 rings (SSSR count). The number of pyridine rings is 1. The van der Waals surface area contributed by atoms with Gasteiger partial charge in [0, 0.05) is 10.9 Å². The van der Waals surface area contributed by atoms with Crippen LogP contribution >= 0.6 is 0 Å². The first-order valence-corrected chi connectivity index (χ1v) is 10.3. The summed E-state index contributed by atoms with van der Waals surface area (Å²) in [5, 5.41) is 3.89. The Bertz CT molecular complexity index is 1150. The van der Waals surface area contributed by atoms with E-state index < -0.39 is 0 Å². The van der Waals surface area contributed by atoms with Crippen LogP contribution < -0.4 is 0 Å². The Kier molecular flexibility index (Phi) is 4.71. The Morgan fingerprint density at radius 1 is 0.821 bits per heavy atom. The molecule has 1 heterocycles. The van der Waals surface area contributed by atoms with Crippen molar-refractivity contribution in [1.29, 1.82) is 0 Å². The van der Waals surface area contributed by atoms with E-state index in [1.165, 1.54) is 32.8 Å². The van der Waals surface area contributed by atoms with Crippen molar-refractivity contribution in [3.05, 3.63) is 77.9 Å². The summed E-state index contributed by atoms with van der Waals surface area (Å²) < 4.78 is 0. The fourth-order valence-electron chi connectivity index (χ4n) is 4.08. The standard InChI is InChI=1S/C27H29N/c1-18(2)15-19-10-8-12-26-23(19)13-14-25(28-26)21-16-20-9-6-7-11-22(20)24(17-21)27(3,4)5/h6-14,16-18H,15H2,1-5H3. The average Bonchev–Trinajstić information content (AvgIpc) is 2.66. The Hall–Kier alpha value is -2.67. The SMILES string of the molecule is CC(C)Cc1cccc2nc(-c3cc(C(C)(C)C)c4ccccc4c3)ccc12. The minimum Gasteiger partial charge on any atom is -0.248 e. The maximum Gasteiger partial charge on any atom is 0.0712 e. The Labute approximate surface area is 168 Å². The predicted molar refractivity (Wildman–Crippen MR) is 122 cm³/mol. The molecule has 0 aliphatic carbocycles. The van der Waals surface area contributed by atoms with Gasteiger partial charge in [0.05, 0.1) is 11.2 Å². The Balaban J connectivity index is 1.89. The fourth-order valence-corrected chi connectivity index (χ4v) is 4.08. The van der Waals surface area contributed by atoms with Gasteiger partial charge in [0.1, 0.15) is 0 Å². The molecule has 0 saturated carbocycles. The first-order valence-electron chi connectivity index (χ1n) is 10.3. The van der Waals surface area contributed by atoms with Gasteiger partial charge in [0.15, 0.2) is 0 Å². The summed E-state index contributed by atoms with van der Waals surface area (Å²) in [5.74, 6) is 0.639. The van der Waals surface area contributed by atoms with E-state index in [-0.39, 0.29) is 5.41 Å². The van der Waals surface area contributed by atoms with Crippen LogP contribution in [-0.2, 0) is 11.8 Å². The molecule has 0 atom stereocenters. The second-order valence-corrected chi connectivity index (χ2v) is 9.27. The molecule has 0 unspecified atom stereocenters. The molecule has 0 N–H and O–H groups in total. The summed E-state index contributed by atoms with van der Waals surface area (Å²) in [6, 6.07) is 24.2. The molecule has 0 bridgehead atoms. The number of fused-ring (bicyclic) bond motifs is 2. The molecule has 142 valence electrons. The van der Waals surface area contributed by atoms with Crippen LogP contribution in [0.25, 0.3) is 32.9 Å². The molecule has 0 fully saturated rings. The number of hydrogen-bond donors (Lipinski definition) is 0. The predicted octanol–water partition coefficient (Wildman–Crippen LogP) is 7.55. The maximum atomic E-state index is 5.04. The summed E-state index contributed by atoms with van der Waals surface area (Å²) in [5.41, 5.74) is 6.17. The first kappa shape index (κ1) is 18.7. The van der Waals surface area contributed by atoms with Crippen molar-refractivity contribution < 1.29 is 0 Å². The zero-order chi connectivity index (χ0) is 19.9. The van der Waals surface area contributed by atoms with Crippen LogP contribution in [0.15, 0.2) is 66.7 Å². The summed E-state index contributed by atoms with van der Waals surface area (Å²) in [7, 11) is 0. The van der Waals surface area contributed by atoms with E-state index in [2.05, 4.69) is 101 Å². The van der Waals surface area contributed by atoms with Crippen LogP contribution in [0, 0.1) is 5.92 Å². The van der Waals surface area contributed by atoms with Gasteiger partial charge in [-0.15, -0.1) is 0 Å². The summed E-state index contributed by atoms with van der Waals surface area (Å²) in [6.07, 6.45) is 1.09. The van der Waals surface area contributed by atoms with Gasteiger partial charge in [0.25, 0.3) is 0 Å². The van der Waals surface area contributed by atoms with Gasteiger partial charge in [-0.25, -0.2) is 4.98 Å². The molecule has 1 heteroatoms. The van der Waals surface area contributed by atoms with E-state index >= 15 is 0 Å². The zero-order valence-corrected chi connectivity index (χ0v) is 17.6. The number of hydrogen-bond acceptors (Lipinski definition) is 1. The third-order valence-corrected chi connectivity index (χ3v) is 5.42. The second kappa shape index (κ2) is 7.05. The van der Waals surface area contributed by atoms with Crippen LogP contribution in [0.1, 0.15) is 45.7 Å². The second-order valence-electron chi connectivity index (χ2n) is 9.27. The quantitative estimate of drug-likeness (QED) is 0.364. The van der Waals surface area contributed by atoms with E-state index in [1.807, 2.05) is 0 Å². The number of rotatable bonds is 3. The van der Waals surface area contributed by atoms with E-state index in [9.17, 15) is 0 Å². The molecule has 0 amide bonds. The molecular weight excluding hydrogens is 338 g/mol. The molecule has 0 aliphatic rings. The smallest absolute Gasteiger partial charge is 0.0712 e. The summed E-state index contributed by atoms with van der Waals surface area (Å²) >= 11 is 0. The van der Waals surface area contributed by atoms with Gasteiger partial charge >= 0.3 is 0 Å². The molecule has 28 heavy (non-hydrogen) atoms. The van der Waals surface area contributed by atoms with Crippen molar-refractivity contribution in [3.63, 3.8) is 0 Å². The molecule has 4 aromatic rings. The Morgan fingerprint density at radius 3 is 2.36 bits per heavy atom. The van der Waals surface area contributed by atoms with Crippen LogP contribution in [-0.4, -0.2) is 4.98 Å². The summed E-state index contributed by atoms with van der Waals surface area (Å²) in [6.45, 7) is 11.4. The van der Waals surface area contributed by atoms with E-state index in [0.717, 1.165) is 17.6 Å². The van der Waals surface area contributed by atoms with E-state index in [4.69, 9.17) is 4.98 Å². The van der Waals surface area contributed by atoms with Crippen molar-refractivity contribution in [2.75, 3.05) is 0 Å². The van der Waals surface area contributed by atoms with Crippen molar-refractivity contribution in [2.24, 2.45) is 5.92 Å². The van der Waals surface area contributed by atoms with Crippen molar-refractivity contribution >= 4 is 21.7 Å². The molecule has 0 spiro atoms. The lowest BCUT2D eigenvalue weighted by Crippen LogP contribution is -2.12. The molecular formula is C27H29N. The topological polar surface area (TPSA) is 12.9 Å². The van der Waals surface area contributed by atoms with Gasteiger partial charge in [-0.05, 0) is 63.9 Å². The molecule has 0 aliphatic heterocycles. The monoisotopic (exact) mass is 367 g/mol. The van der Waals surface area contributed by atoms with Crippen LogP contribution in [0.2, 0.25) is 0 Å². The largest absolute Gasteiger partial charge is 0.248 e. The lowest BCUT2D eigenvalue weighted by Gasteiger charge is -2.22. The van der Waals surface area contributed by atoms with E-state index in [0.29, 0.717) is 5.92 Å². The van der Waals surface area contributed by atoms with Gasteiger partial charge in [0.2, 0.25) is 0 Å². The van der Waals surface area contributed by atoms with Crippen molar-refractivity contribution in [3.8, 4) is 11.3 Å². The van der Waals surface area contributed by atoms with Gasteiger partial charge < -0.3 is 0 Å². The van der Waals surface area contributed by atoms with Crippen molar-refractivity contribution in [1.82, 2.24) is 4.98 Å². The molecule has 3 aromatic carbocycles. The summed E-state index contributed by atoms with van der Waals surface area (Å²) in [4.78, 5) is 5.04. The third kappa shape index (κ3) is 3.54. The highest BCUT2D eigenvalue weighted by Crippen LogP contribution is 2.35. The number of aromatic nitrogens is 1. The van der Waals surface area contributed by atoms with Gasteiger partial charge in [-0.2, -0.15) is 0 Å². The molecule has 0 saturated heterocycles. The highest BCUT2D eigenvalue weighted by Gasteiger charge is 2.18. The zero-order valence-electron chi connectivity index (χ0n) is 17.6. The Morgan fingerprint density at radius 2 is 1.61 bits per heavy atom. The maximum absolute atomic E-state index is 5.04. The van der Waals surface area contributed by atoms with Crippen LogP contribution in [0.3, 0.4) is 0 Å². The number of benzene rings is 3. The van der Waals surface area contributed by atoms with Crippen LogP contribution in [0.4, 0.5) is 0 Å². The normalized spacial score (nSPS) is 12.2. The average molecular weight is 368 g/mol.